The first kappa shape index (κ1) is 17.9. The summed E-state index contributed by atoms with van der Waals surface area (Å²) in [5.74, 6) is -1.54. The summed E-state index contributed by atoms with van der Waals surface area (Å²) in [6.07, 6.45) is 1.34. The smallest absolute Gasteiger partial charge is 0.326 e. The van der Waals surface area contributed by atoms with Crippen molar-refractivity contribution in [2.75, 3.05) is 24.6 Å². The molecule has 138 valence electrons. The number of hydrogen-bond donors (Lipinski definition) is 1. The van der Waals surface area contributed by atoms with Crippen LogP contribution in [0.4, 0.5) is 5.69 Å². The highest BCUT2D eigenvalue weighted by atomic mass is 16.5. The Morgan fingerprint density at radius 1 is 1.31 bits per heavy atom. The van der Waals surface area contributed by atoms with Crippen molar-refractivity contribution in [2.24, 2.45) is 0 Å². The van der Waals surface area contributed by atoms with E-state index < -0.39 is 23.8 Å². The summed E-state index contributed by atoms with van der Waals surface area (Å²) in [6, 6.07) is 3.93. The summed E-state index contributed by atoms with van der Waals surface area (Å²) in [5.41, 5.74) is 0.798. The summed E-state index contributed by atoms with van der Waals surface area (Å²) in [4.78, 5) is 50.7. The van der Waals surface area contributed by atoms with Gasteiger partial charge >= 0.3 is 5.97 Å². The van der Waals surface area contributed by atoms with Crippen LogP contribution < -0.4 is 9.64 Å². The average molecular weight is 360 g/mol. The van der Waals surface area contributed by atoms with Gasteiger partial charge < -0.3 is 14.7 Å². The van der Waals surface area contributed by atoms with Crippen LogP contribution in [0.25, 0.3) is 0 Å². The van der Waals surface area contributed by atoms with E-state index in [1.165, 1.54) is 9.80 Å². The highest BCUT2D eigenvalue weighted by molar-refractivity contribution is 6.04. The average Bonchev–Trinajstić information content (AvgIpc) is 3.13. The van der Waals surface area contributed by atoms with Gasteiger partial charge in [0.25, 0.3) is 5.91 Å². The van der Waals surface area contributed by atoms with Crippen molar-refractivity contribution in [1.29, 1.82) is 0 Å². The second-order valence-electron chi connectivity index (χ2n) is 6.31. The van der Waals surface area contributed by atoms with Crippen LogP contribution in [0.15, 0.2) is 18.2 Å². The number of carbonyl (C=O) groups is 4. The maximum atomic E-state index is 12.6. The van der Waals surface area contributed by atoms with Crippen molar-refractivity contribution in [2.45, 2.75) is 32.2 Å². The van der Waals surface area contributed by atoms with Gasteiger partial charge in [0.1, 0.15) is 18.3 Å². The number of likely N-dealkylation sites (tertiary alicyclic amines) is 1. The van der Waals surface area contributed by atoms with Crippen molar-refractivity contribution >= 4 is 29.3 Å². The van der Waals surface area contributed by atoms with E-state index in [1.54, 1.807) is 25.1 Å². The van der Waals surface area contributed by atoms with Crippen LogP contribution in [-0.2, 0) is 14.4 Å². The van der Waals surface area contributed by atoms with Crippen molar-refractivity contribution < 1.29 is 29.0 Å². The molecule has 1 saturated heterocycles. The predicted molar refractivity (Wildman–Crippen MR) is 91.3 cm³/mol. The number of amides is 2. The molecule has 2 amide bonds. The number of Topliss-reactive ketones (excluding diaryl/α,β-unsaturated/α-hetero) is 1. The number of carbonyl (C=O) groups excluding carboxylic acids is 3. The van der Waals surface area contributed by atoms with Gasteiger partial charge in [-0.15, -0.1) is 0 Å². The largest absolute Gasteiger partial charge is 0.482 e. The molecular weight excluding hydrogens is 340 g/mol. The second-order valence-corrected chi connectivity index (χ2v) is 6.31. The number of aliphatic carboxylic acids is 1. The molecule has 26 heavy (non-hydrogen) atoms. The van der Waals surface area contributed by atoms with Crippen molar-refractivity contribution in [1.82, 2.24) is 4.90 Å². The molecule has 1 N–H and O–H groups in total. The summed E-state index contributed by atoms with van der Waals surface area (Å²) in [5, 5.41) is 9.24. The predicted octanol–water partition coefficient (Wildman–Crippen LogP) is 1.08. The Labute approximate surface area is 150 Å². The first-order chi connectivity index (χ1) is 12.4. The minimum Gasteiger partial charge on any atom is -0.482 e. The molecule has 0 spiro atoms. The topological polar surface area (TPSA) is 104 Å². The van der Waals surface area contributed by atoms with E-state index in [-0.39, 0.29) is 18.9 Å². The zero-order valence-electron chi connectivity index (χ0n) is 14.4. The van der Waals surface area contributed by atoms with E-state index in [4.69, 9.17) is 4.74 Å². The Morgan fingerprint density at radius 3 is 2.77 bits per heavy atom. The van der Waals surface area contributed by atoms with Crippen LogP contribution in [0.1, 0.15) is 36.5 Å². The summed E-state index contributed by atoms with van der Waals surface area (Å²) >= 11 is 0. The molecule has 0 saturated carbocycles. The fraction of sp³-hybridized carbons (Fsp3) is 0.444. The molecule has 3 rings (SSSR count). The lowest BCUT2D eigenvalue weighted by Crippen LogP contribution is -2.49. The lowest BCUT2D eigenvalue weighted by atomic mass is 10.1. The number of ketones is 1. The third-order valence-electron chi connectivity index (χ3n) is 4.70. The van der Waals surface area contributed by atoms with Crippen LogP contribution in [0.5, 0.6) is 5.75 Å². The van der Waals surface area contributed by atoms with Gasteiger partial charge in [-0.2, -0.15) is 0 Å². The van der Waals surface area contributed by atoms with E-state index in [0.29, 0.717) is 42.8 Å². The fourth-order valence-electron chi connectivity index (χ4n) is 3.30. The number of carboxylic acids is 1. The highest BCUT2D eigenvalue weighted by Gasteiger charge is 2.36. The molecule has 2 aliphatic heterocycles. The maximum Gasteiger partial charge on any atom is 0.326 e. The third kappa shape index (κ3) is 3.26. The monoisotopic (exact) mass is 360 g/mol. The number of benzene rings is 1. The first-order valence-corrected chi connectivity index (χ1v) is 8.55. The number of ether oxygens (including phenoxy) is 1. The molecule has 8 nitrogen and oxygen atoms in total. The first-order valence-electron chi connectivity index (χ1n) is 8.55. The molecular formula is C18H20N2O6. The van der Waals surface area contributed by atoms with Gasteiger partial charge in [0.2, 0.25) is 5.91 Å². The van der Waals surface area contributed by atoms with Crippen LogP contribution in [0.3, 0.4) is 0 Å². The molecule has 0 aromatic heterocycles. The molecule has 1 aromatic carbocycles. The van der Waals surface area contributed by atoms with Gasteiger partial charge in [-0.25, -0.2) is 4.79 Å². The van der Waals surface area contributed by atoms with E-state index in [0.717, 1.165) is 0 Å². The molecule has 8 heteroatoms. The van der Waals surface area contributed by atoms with Crippen LogP contribution >= 0.6 is 0 Å². The summed E-state index contributed by atoms with van der Waals surface area (Å²) < 4.78 is 5.38. The summed E-state index contributed by atoms with van der Waals surface area (Å²) in [6.45, 7) is 1.62. The second kappa shape index (κ2) is 7.15. The number of nitrogens with zero attached hydrogens (tertiary/aromatic N) is 2. The quantitative estimate of drug-likeness (QED) is 0.788. The van der Waals surface area contributed by atoms with Crippen molar-refractivity contribution in [3.63, 3.8) is 0 Å². The van der Waals surface area contributed by atoms with Crippen molar-refractivity contribution in [3.8, 4) is 5.75 Å². The van der Waals surface area contributed by atoms with Crippen LogP contribution in [0, 0.1) is 0 Å². The number of rotatable bonds is 5. The molecule has 1 unspecified atom stereocenters. The lowest BCUT2D eigenvalue weighted by molar-refractivity contribution is -0.147. The van der Waals surface area contributed by atoms with Crippen molar-refractivity contribution in [3.05, 3.63) is 23.8 Å². The molecule has 0 radical (unpaired) electrons. The molecule has 1 aromatic rings. The lowest BCUT2D eigenvalue weighted by Gasteiger charge is -2.31. The van der Waals surface area contributed by atoms with E-state index >= 15 is 0 Å². The summed E-state index contributed by atoms with van der Waals surface area (Å²) in [7, 11) is 0. The van der Waals surface area contributed by atoms with Gasteiger partial charge in [0, 0.05) is 18.5 Å². The minimum atomic E-state index is -1.04. The Hall–Kier alpha value is -2.90. The van der Waals surface area contributed by atoms with Gasteiger partial charge in [-0.1, -0.05) is 6.92 Å². The third-order valence-corrected chi connectivity index (χ3v) is 4.70. The van der Waals surface area contributed by atoms with Crippen LogP contribution in [-0.4, -0.2) is 59.3 Å². The Balaban J connectivity index is 1.86. The maximum absolute atomic E-state index is 12.6. The number of fused-ring (bicyclic) bond motifs is 1. The molecule has 0 bridgehead atoms. The fourth-order valence-corrected chi connectivity index (χ4v) is 3.30. The van der Waals surface area contributed by atoms with Gasteiger partial charge in [-0.3, -0.25) is 19.3 Å². The zero-order chi connectivity index (χ0) is 18.8. The molecule has 1 atom stereocenters. The Bertz CT molecular complexity index is 775. The van der Waals surface area contributed by atoms with Gasteiger partial charge in [0.05, 0.1) is 5.69 Å². The molecule has 2 aliphatic rings. The van der Waals surface area contributed by atoms with Gasteiger partial charge in [-0.05, 0) is 31.0 Å². The van der Waals surface area contributed by atoms with E-state index in [2.05, 4.69) is 0 Å². The number of hydrogen-bond acceptors (Lipinski definition) is 5. The minimum absolute atomic E-state index is 0.0809. The standard InChI is InChI=1S/C18H20N2O6/c1-2-14(21)11-5-6-15-13(8-11)20(17(23)10-26-15)9-16(22)19-7-3-4-12(19)18(24)25/h5-6,8,12H,2-4,7,9-10H2,1H3,(H,24,25). The highest BCUT2D eigenvalue weighted by Crippen LogP contribution is 2.33. The van der Waals surface area contributed by atoms with E-state index in [9.17, 15) is 24.3 Å². The number of anilines is 1. The molecule has 1 fully saturated rings. The van der Waals surface area contributed by atoms with Crippen LogP contribution in [0.2, 0.25) is 0 Å². The normalized spacial score (nSPS) is 19.1. The number of carboxylic acid groups (broad SMARTS) is 1. The Kier molecular flexibility index (Phi) is 4.92. The molecule has 0 aliphatic carbocycles. The SMILES string of the molecule is CCC(=O)c1ccc2c(c1)N(CC(=O)N1CCCC1C(=O)O)C(=O)CO2. The Morgan fingerprint density at radius 2 is 2.08 bits per heavy atom. The zero-order valence-corrected chi connectivity index (χ0v) is 14.4. The van der Waals surface area contributed by atoms with E-state index in [1.807, 2.05) is 0 Å². The van der Waals surface area contributed by atoms with Gasteiger partial charge in [0.15, 0.2) is 12.4 Å². The molecule has 2 heterocycles.